The molecule has 2 aromatic rings. The first-order valence-corrected chi connectivity index (χ1v) is 9.46. The summed E-state index contributed by atoms with van der Waals surface area (Å²) >= 11 is 1.61. The summed E-state index contributed by atoms with van der Waals surface area (Å²) in [6.07, 6.45) is 3.56. The summed E-state index contributed by atoms with van der Waals surface area (Å²) in [6.45, 7) is 1.80. The lowest BCUT2D eigenvalue weighted by Crippen LogP contribution is -2.24. The van der Waals surface area contributed by atoms with Crippen molar-refractivity contribution < 1.29 is 9.21 Å². The van der Waals surface area contributed by atoms with E-state index in [0.717, 1.165) is 21.6 Å². The normalized spacial score (nSPS) is 31.1. The van der Waals surface area contributed by atoms with Crippen LogP contribution in [0.2, 0.25) is 0 Å². The maximum atomic E-state index is 13.3. The summed E-state index contributed by atoms with van der Waals surface area (Å²) in [4.78, 5) is 26.2. The van der Waals surface area contributed by atoms with Gasteiger partial charge in [-0.3, -0.25) is 4.79 Å². The molecule has 0 saturated heterocycles. The van der Waals surface area contributed by atoms with E-state index in [1.807, 2.05) is 23.6 Å². The van der Waals surface area contributed by atoms with Gasteiger partial charge in [-0.05, 0) is 72.6 Å². The third-order valence-electron chi connectivity index (χ3n) is 6.04. The fourth-order valence-corrected chi connectivity index (χ4v) is 6.11. The Labute approximate surface area is 144 Å². The minimum absolute atomic E-state index is 0.128. The molecule has 0 aromatic carbocycles. The van der Waals surface area contributed by atoms with Gasteiger partial charge in [0.25, 0.3) is 0 Å². The van der Waals surface area contributed by atoms with Crippen LogP contribution in [0.1, 0.15) is 35.5 Å². The van der Waals surface area contributed by atoms with Gasteiger partial charge in [0.15, 0.2) is 5.78 Å². The first kappa shape index (κ1) is 14.4. The van der Waals surface area contributed by atoms with Crippen LogP contribution in [0.3, 0.4) is 0 Å². The maximum Gasteiger partial charge on any atom is 0.336 e. The van der Waals surface area contributed by atoms with Crippen molar-refractivity contribution in [3.8, 4) is 0 Å². The lowest BCUT2D eigenvalue weighted by Gasteiger charge is -2.26. The van der Waals surface area contributed by atoms with E-state index in [4.69, 9.17) is 4.42 Å². The Bertz CT molecular complexity index is 919. The van der Waals surface area contributed by atoms with Crippen molar-refractivity contribution >= 4 is 28.3 Å². The zero-order valence-electron chi connectivity index (χ0n) is 13.5. The van der Waals surface area contributed by atoms with Crippen molar-refractivity contribution in [2.45, 2.75) is 26.2 Å². The molecule has 0 unspecified atom stereocenters. The largest absolute Gasteiger partial charge is 0.428 e. The van der Waals surface area contributed by atoms with Crippen molar-refractivity contribution in [3.05, 3.63) is 56.3 Å². The molecular formula is C20H18O3S. The van der Waals surface area contributed by atoms with Crippen LogP contribution in [0.25, 0.3) is 11.1 Å². The maximum absolute atomic E-state index is 13.3. The Kier molecular flexibility index (Phi) is 3.02. The number of rotatable bonds is 2. The molecule has 0 amide bonds. The number of thiophene rings is 1. The van der Waals surface area contributed by atoms with E-state index in [1.165, 1.54) is 19.3 Å². The van der Waals surface area contributed by atoms with Crippen molar-refractivity contribution in [1.29, 1.82) is 0 Å². The Morgan fingerprint density at radius 1 is 1.12 bits per heavy atom. The first-order chi connectivity index (χ1) is 11.6. The molecule has 0 radical (unpaired) electrons. The van der Waals surface area contributed by atoms with Gasteiger partial charge in [-0.25, -0.2) is 4.79 Å². The van der Waals surface area contributed by atoms with Crippen LogP contribution in [0.15, 0.2) is 38.9 Å². The molecule has 3 aliphatic rings. The molecule has 24 heavy (non-hydrogen) atoms. The highest BCUT2D eigenvalue weighted by molar-refractivity contribution is 7.11. The Morgan fingerprint density at radius 2 is 1.92 bits per heavy atom. The molecule has 0 spiro atoms. The summed E-state index contributed by atoms with van der Waals surface area (Å²) in [7, 11) is 0. The average molecular weight is 338 g/mol. The van der Waals surface area contributed by atoms with Gasteiger partial charge in [0, 0.05) is 22.4 Å². The van der Waals surface area contributed by atoms with E-state index in [9.17, 15) is 9.59 Å². The fourth-order valence-electron chi connectivity index (χ4n) is 5.32. The minimum atomic E-state index is -0.331. The number of hydrogen-bond acceptors (Lipinski definition) is 4. The highest BCUT2D eigenvalue weighted by Crippen LogP contribution is 2.62. The monoisotopic (exact) mass is 338 g/mol. The molecule has 4 heteroatoms. The molecule has 2 fully saturated rings. The Morgan fingerprint density at radius 3 is 2.62 bits per heavy atom. The standard InChI is InChI=1S/C20H18O3S/c1-10-7-13(9-15(21)23-10)17-16-11-4-5-12(8-11)18(16)20(22)19(17)14-3-2-6-24-14/h2-3,6-7,9,11-12,16,18H,4-5,8H2,1H3/t11-,12+,16-,18-/m0/s1. The number of allylic oxidation sites excluding steroid dienone is 2. The molecular weight excluding hydrogens is 320 g/mol. The number of carbonyl (C=O) groups is 1. The zero-order chi connectivity index (χ0) is 16.4. The Hall–Kier alpha value is -1.94. The van der Waals surface area contributed by atoms with Gasteiger partial charge in [0.2, 0.25) is 0 Å². The predicted octanol–water partition coefficient (Wildman–Crippen LogP) is 4.17. The molecule has 0 aliphatic heterocycles. The van der Waals surface area contributed by atoms with Crippen molar-refractivity contribution in [2.24, 2.45) is 23.7 Å². The molecule has 5 rings (SSSR count). The lowest BCUT2D eigenvalue weighted by molar-refractivity contribution is -0.118. The van der Waals surface area contributed by atoms with E-state index in [-0.39, 0.29) is 17.5 Å². The molecule has 122 valence electrons. The second-order valence-corrected chi connectivity index (χ2v) is 8.24. The van der Waals surface area contributed by atoms with Gasteiger partial charge in [-0.2, -0.15) is 0 Å². The summed E-state index contributed by atoms with van der Waals surface area (Å²) in [6, 6.07) is 7.51. The summed E-state index contributed by atoms with van der Waals surface area (Å²) < 4.78 is 5.14. The van der Waals surface area contributed by atoms with Crippen LogP contribution in [-0.2, 0) is 4.79 Å². The molecule has 2 saturated carbocycles. The zero-order valence-corrected chi connectivity index (χ0v) is 14.3. The minimum Gasteiger partial charge on any atom is -0.428 e. The summed E-state index contributed by atoms with van der Waals surface area (Å²) in [5.74, 6) is 2.44. The number of hydrogen-bond donors (Lipinski definition) is 0. The smallest absolute Gasteiger partial charge is 0.336 e. The SMILES string of the molecule is Cc1cc(C2=C(c3cccs3)C(=O)[C@H]3[C@@H]4CC[C@@H](C4)[C@@H]23)cc(=O)o1. The van der Waals surface area contributed by atoms with Crippen molar-refractivity contribution in [1.82, 2.24) is 0 Å². The number of Topliss-reactive ketones (excluding diaryl/α,β-unsaturated/α-hetero) is 1. The van der Waals surface area contributed by atoms with Gasteiger partial charge in [-0.1, -0.05) is 6.07 Å². The third-order valence-corrected chi connectivity index (χ3v) is 6.93. The molecule has 2 aromatic heterocycles. The van der Waals surface area contributed by atoms with Gasteiger partial charge in [-0.15, -0.1) is 11.3 Å². The number of carbonyl (C=O) groups excluding carboxylic acids is 1. The van der Waals surface area contributed by atoms with E-state index in [0.29, 0.717) is 23.4 Å². The van der Waals surface area contributed by atoms with E-state index >= 15 is 0 Å². The highest BCUT2D eigenvalue weighted by Gasteiger charge is 2.57. The van der Waals surface area contributed by atoms with Gasteiger partial charge >= 0.3 is 5.63 Å². The van der Waals surface area contributed by atoms with Crippen LogP contribution in [0, 0.1) is 30.6 Å². The number of fused-ring (bicyclic) bond motifs is 5. The number of ketones is 1. The quantitative estimate of drug-likeness (QED) is 0.826. The molecule has 3 aliphatic carbocycles. The van der Waals surface area contributed by atoms with Crippen LogP contribution in [0.4, 0.5) is 0 Å². The van der Waals surface area contributed by atoms with Crippen LogP contribution in [-0.4, -0.2) is 5.78 Å². The van der Waals surface area contributed by atoms with E-state index < -0.39 is 0 Å². The molecule has 3 nitrogen and oxygen atoms in total. The second-order valence-electron chi connectivity index (χ2n) is 7.29. The molecule has 2 bridgehead atoms. The first-order valence-electron chi connectivity index (χ1n) is 8.58. The summed E-state index contributed by atoms with van der Waals surface area (Å²) in [5, 5.41) is 2.01. The van der Waals surface area contributed by atoms with Crippen LogP contribution >= 0.6 is 11.3 Å². The van der Waals surface area contributed by atoms with Crippen LogP contribution in [0.5, 0.6) is 0 Å². The van der Waals surface area contributed by atoms with Crippen LogP contribution < -0.4 is 5.63 Å². The Balaban J connectivity index is 1.77. The highest BCUT2D eigenvalue weighted by atomic mass is 32.1. The van der Waals surface area contributed by atoms with Gasteiger partial charge < -0.3 is 4.42 Å². The second kappa shape index (κ2) is 5.03. The summed E-state index contributed by atoms with van der Waals surface area (Å²) in [5.41, 5.74) is 2.53. The third kappa shape index (κ3) is 1.89. The number of aryl methyl sites for hydroxylation is 1. The van der Waals surface area contributed by atoms with Crippen molar-refractivity contribution in [3.63, 3.8) is 0 Å². The fraction of sp³-hybridized carbons (Fsp3) is 0.400. The molecule has 2 heterocycles. The van der Waals surface area contributed by atoms with Gasteiger partial charge in [0.1, 0.15) is 5.76 Å². The predicted molar refractivity (Wildman–Crippen MR) is 93.7 cm³/mol. The van der Waals surface area contributed by atoms with Crippen molar-refractivity contribution in [2.75, 3.05) is 0 Å². The van der Waals surface area contributed by atoms with E-state index in [1.54, 1.807) is 24.3 Å². The average Bonchev–Trinajstić information content (AvgIpc) is 3.28. The molecule has 4 atom stereocenters. The van der Waals surface area contributed by atoms with Gasteiger partial charge in [0.05, 0.1) is 0 Å². The molecule has 0 N–H and O–H groups in total. The van der Waals surface area contributed by atoms with E-state index in [2.05, 4.69) is 0 Å². The topological polar surface area (TPSA) is 47.3 Å². The lowest BCUT2D eigenvalue weighted by atomic mass is 9.77.